The van der Waals surface area contributed by atoms with Crippen molar-refractivity contribution in [1.82, 2.24) is 4.90 Å². The van der Waals surface area contributed by atoms with Crippen molar-refractivity contribution in [3.05, 3.63) is 33.3 Å². The lowest BCUT2D eigenvalue weighted by Gasteiger charge is -2.33. The second-order valence-electron chi connectivity index (χ2n) is 4.83. The molecule has 0 aliphatic carbocycles. The number of rotatable bonds is 2. The predicted octanol–water partition coefficient (Wildman–Crippen LogP) is 4.88. The highest BCUT2D eigenvalue weighted by Crippen LogP contribution is 2.34. The molecule has 1 fully saturated rings. The van der Waals surface area contributed by atoms with Crippen LogP contribution in [0.5, 0.6) is 0 Å². The topological polar surface area (TPSA) is 3.24 Å². The predicted molar refractivity (Wildman–Crippen MR) is 73.2 cm³/mol. The molecule has 0 spiro atoms. The van der Waals surface area contributed by atoms with Crippen LogP contribution in [0, 0.1) is 5.92 Å². The highest BCUT2D eigenvalue weighted by Gasteiger charge is 2.40. The number of likely N-dealkylation sites (tertiary alicyclic amines) is 1. The van der Waals surface area contributed by atoms with Gasteiger partial charge < -0.3 is 0 Å². The molecule has 0 radical (unpaired) electrons. The monoisotopic (exact) mass is 355 g/mol. The van der Waals surface area contributed by atoms with Gasteiger partial charge >= 0.3 is 6.18 Å². The molecule has 0 bridgehead atoms. The van der Waals surface area contributed by atoms with Crippen molar-refractivity contribution in [3.63, 3.8) is 0 Å². The quantitative estimate of drug-likeness (QED) is 0.730. The molecule has 1 aromatic carbocycles. The summed E-state index contributed by atoms with van der Waals surface area (Å²) in [6.45, 7) is 1.55. The second kappa shape index (κ2) is 6.02. The standard InChI is InChI=1S/C13H14BrClF3N/c14-11-2-1-9(12(15)7-11)8-19-5-3-10(4-6-19)13(16,17)18/h1-2,7,10H,3-6,8H2. The number of nitrogens with zero attached hydrogens (tertiary/aromatic N) is 1. The summed E-state index contributed by atoms with van der Waals surface area (Å²) in [6.07, 6.45) is -3.70. The minimum atomic E-state index is -4.05. The Morgan fingerprint density at radius 1 is 1.26 bits per heavy atom. The van der Waals surface area contributed by atoms with Gasteiger partial charge in [0.05, 0.1) is 5.92 Å². The lowest BCUT2D eigenvalue weighted by atomic mass is 9.96. The molecule has 0 saturated carbocycles. The minimum absolute atomic E-state index is 0.178. The van der Waals surface area contributed by atoms with Crippen LogP contribution in [0.4, 0.5) is 13.2 Å². The molecule has 1 nitrogen and oxygen atoms in total. The van der Waals surface area contributed by atoms with Gasteiger partial charge in [-0.15, -0.1) is 0 Å². The van der Waals surface area contributed by atoms with Crippen LogP contribution in [0.1, 0.15) is 18.4 Å². The molecule has 1 heterocycles. The summed E-state index contributed by atoms with van der Waals surface area (Å²) in [5.41, 5.74) is 0.954. The van der Waals surface area contributed by atoms with E-state index in [1.165, 1.54) is 0 Å². The van der Waals surface area contributed by atoms with Crippen molar-refractivity contribution < 1.29 is 13.2 Å². The van der Waals surface area contributed by atoms with E-state index in [0.717, 1.165) is 10.0 Å². The summed E-state index contributed by atoms with van der Waals surface area (Å²) in [5, 5.41) is 0.646. The van der Waals surface area contributed by atoms with E-state index < -0.39 is 12.1 Å². The first-order valence-corrected chi connectivity index (χ1v) is 7.26. The maximum absolute atomic E-state index is 12.6. The van der Waals surface area contributed by atoms with Gasteiger partial charge in [0, 0.05) is 16.0 Å². The van der Waals surface area contributed by atoms with Gasteiger partial charge in [-0.25, -0.2) is 0 Å². The fourth-order valence-corrected chi connectivity index (χ4v) is 3.04. The number of benzene rings is 1. The Balaban J connectivity index is 1.92. The Labute approximate surface area is 123 Å². The van der Waals surface area contributed by atoms with E-state index in [9.17, 15) is 13.2 Å². The summed E-state index contributed by atoms with van der Waals surface area (Å²) in [4.78, 5) is 2.03. The molecule has 0 amide bonds. The maximum Gasteiger partial charge on any atom is 0.391 e. The Kier molecular flexibility index (Phi) is 4.79. The SMILES string of the molecule is FC(F)(F)C1CCN(Cc2ccc(Br)cc2Cl)CC1. The molecular weight excluding hydrogens is 343 g/mol. The summed E-state index contributed by atoms with van der Waals surface area (Å²) < 4.78 is 38.6. The van der Waals surface area contributed by atoms with E-state index >= 15 is 0 Å². The van der Waals surface area contributed by atoms with Gasteiger partial charge in [0.25, 0.3) is 0 Å². The molecule has 1 saturated heterocycles. The van der Waals surface area contributed by atoms with Gasteiger partial charge in [0.1, 0.15) is 0 Å². The first-order valence-electron chi connectivity index (χ1n) is 6.09. The van der Waals surface area contributed by atoms with Crippen molar-refractivity contribution in [2.75, 3.05) is 13.1 Å². The van der Waals surface area contributed by atoms with Gasteiger partial charge in [-0.3, -0.25) is 4.90 Å². The van der Waals surface area contributed by atoms with Gasteiger partial charge in [-0.2, -0.15) is 13.2 Å². The van der Waals surface area contributed by atoms with E-state index in [0.29, 0.717) is 24.7 Å². The summed E-state index contributed by atoms with van der Waals surface area (Å²) in [5.74, 6) is -1.15. The van der Waals surface area contributed by atoms with E-state index in [1.807, 2.05) is 17.0 Å². The highest BCUT2D eigenvalue weighted by molar-refractivity contribution is 9.10. The zero-order chi connectivity index (χ0) is 14.0. The zero-order valence-corrected chi connectivity index (χ0v) is 12.5. The van der Waals surface area contributed by atoms with Crippen molar-refractivity contribution in [3.8, 4) is 0 Å². The molecular formula is C13H14BrClF3N. The largest absolute Gasteiger partial charge is 0.391 e. The lowest BCUT2D eigenvalue weighted by Crippen LogP contribution is -2.38. The fourth-order valence-electron chi connectivity index (χ4n) is 2.31. The number of halogens is 5. The van der Waals surface area contributed by atoms with Crippen molar-refractivity contribution in [2.45, 2.75) is 25.6 Å². The Morgan fingerprint density at radius 2 is 1.89 bits per heavy atom. The van der Waals surface area contributed by atoms with Crippen molar-refractivity contribution in [1.29, 1.82) is 0 Å². The summed E-state index contributed by atoms with van der Waals surface area (Å²) in [7, 11) is 0. The van der Waals surface area contributed by atoms with E-state index in [4.69, 9.17) is 11.6 Å². The first kappa shape index (κ1) is 15.1. The fraction of sp³-hybridized carbons (Fsp3) is 0.538. The second-order valence-corrected chi connectivity index (χ2v) is 6.15. The molecule has 0 unspecified atom stereocenters. The van der Waals surface area contributed by atoms with Gasteiger partial charge in [0.2, 0.25) is 0 Å². The molecule has 19 heavy (non-hydrogen) atoms. The van der Waals surface area contributed by atoms with Crippen LogP contribution in [-0.2, 0) is 6.54 Å². The van der Waals surface area contributed by atoms with Crippen LogP contribution in [0.2, 0.25) is 5.02 Å². The first-order chi connectivity index (χ1) is 8.86. The Hall–Kier alpha value is -0.260. The average Bonchev–Trinajstić information content (AvgIpc) is 2.32. The van der Waals surface area contributed by atoms with Gasteiger partial charge in [0.15, 0.2) is 0 Å². The molecule has 2 rings (SSSR count). The minimum Gasteiger partial charge on any atom is -0.299 e. The third-order valence-electron chi connectivity index (χ3n) is 3.46. The number of piperidine rings is 1. The maximum atomic E-state index is 12.6. The molecule has 0 aromatic heterocycles. The molecule has 0 N–H and O–H groups in total. The van der Waals surface area contributed by atoms with Crippen LogP contribution in [0.15, 0.2) is 22.7 Å². The zero-order valence-electron chi connectivity index (χ0n) is 10.2. The number of hydrogen-bond acceptors (Lipinski definition) is 1. The van der Waals surface area contributed by atoms with Crippen LogP contribution >= 0.6 is 27.5 Å². The lowest BCUT2D eigenvalue weighted by molar-refractivity contribution is -0.185. The molecule has 106 valence electrons. The number of alkyl halides is 3. The van der Waals surface area contributed by atoms with Crippen molar-refractivity contribution >= 4 is 27.5 Å². The molecule has 0 atom stereocenters. The highest BCUT2D eigenvalue weighted by atomic mass is 79.9. The van der Waals surface area contributed by atoms with Gasteiger partial charge in [-0.05, 0) is 43.6 Å². The average molecular weight is 357 g/mol. The third kappa shape index (κ3) is 4.10. The van der Waals surface area contributed by atoms with Crippen molar-refractivity contribution in [2.24, 2.45) is 5.92 Å². The van der Waals surface area contributed by atoms with E-state index in [-0.39, 0.29) is 12.8 Å². The Bertz CT molecular complexity index is 442. The van der Waals surface area contributed by atoms with Crippen LogP contribution in [-0.4, -0.2) is 24.2 Å². The van der Waals surface area contributed by atoms with E-state index in [2.05, 4.69) is 15.9 Å². The smallest absolute Gasteiger partial charge is 0.299 e. The number of hydrogen-bond donors (Lipinski definition) is 0. The molecule has 1 aliphatic rings. The van der Waals surface area contributed by atoms with E-state index in [1.54, 1.807) is 6.07 Å². The van der Waals surface area contributed by atoms with Crippen LogP contribution in [0.25, 0.3) is 0 Å². The van der Waals surface area contributed by atoms with Gasteiger partial charge in [-0.1, -0.05) is 33.6 Å². The summed E-state index contributed by atoms with van der Waals surface area (Å²) in [6, 6.07) is 5.60. The van der Waals surface area contributed by atoms with Crippen LogP contribution in [0.3, 0.4) is 0 Å². The third-order valence-corrected chi connectivity index (χ3v) is 4.30. The molecule has 6 heteroatoms. The molecule has 1 aromatic rings. The van der Waals surface area contributed by atoms with Crippen LogP contribution < -0.4 is 0 Å². The Morgan fingerprint density at radius 3 is 2.42 bits per heavy atom. The normalized spacial score (nSPS) is 18.8. The molecule has 1 aliphatic heterocycles. The summed E-state index contributed by atoms with van der Waals surface area (Å²) >= 11 is 9.44.